The Hall–Kier alpha value is -2.03. The lowest BCUT2D eigenvalue weighted by molar-refractivity contribution is -0.153. The largest absolute Gasteiger partial charge is 0.347 e. The molecule has 0 bridgehead atoms. The summed E-state index contributed by atoms with van der Waals surface area (Å²) < 4.78 is 16.4. The Morgan fingerprint density at radius 1 is 1.19 bits per heavy atom. The van der Waals surface area contributed by atoms with Crippen LogP contribution in [0.5, 0.6) is 0 Å². The summed E-state index contributed by atoms with van der Waals surface area (Å²) >= 11 is 0. The van der Waals surface area contributed by atoms with Crippen molar-refractivity contribution in [2.75, 3.05) is 26.2 Å². The van der Waals surface area contributed by atoms with E-state index in [1.54, 1.807) is 4.90 Å². The number of carbonyl (C=O) groups is 2. The normalized spacial score (nSPS) is 24.6. The number of rotatable bonds is 3. The fourth-order valence-electron chi connectivity index (χ4n) is 4.01. The third-order valence-electron chi connectivity index (χ3n) is 5.62. The van der Waals surface area contributed by atoms with Gasteiger partial charge in [0.05, 0.1) is 6.04 Å². The molecular weight excluding hydrogens is 339 g/mol. The highest BCUT2D eigenvalue weighted by Gasteiger charge is 2.49. The van der Waals surface area contributed by atoms with E-state index in [4.69, 9.17) is 0 Å². The third-order valence-corrected chi connectivity index (χ3v) is 5.62. The summed E-state index contributed by atoms with van der Waals surface area (Å²) in [6.07, 6.45) is 1.42. The van der Waals surface area contributed by atoms with Crippen LogP contribution >= 0.6 is 0 Å². The molecule has 3 heterocycles. The van der Waals surface area contributed by atoms with Crippen molar-refractivity contribution in [3.05, 3.63) is 11.6 Å². The number of hydrogen-bond acceptors (Lipinski definition) is 5. The first-order chi connectivity index (χ1) is 12.4. The molecule has 1 N–H and O–H groups in total. The zero-order valence-electron chi connectivity index (χ0n) is 15.2. The predicted octanol–water partition coefficient (Wildman–Crippen LogP) is 0.507. The molecule has 8 nitrogen and oxygen atoms in total. The molecule has 0 unspecified atom stereocenters. The Balaban J connectivity index is 1.55. The van der Waals surface area contributed by atoms with Crippen molar-refractivity contribution in [1.29, 1.82) is 0 Å². The van der Waals surface area contributed by atoms with E-state index in [0.717, 1.165) is 13.0 Å². The molecular formula is C17H25FN6O2. The van der Waals surface area contributed by atoms with E-state index in [2.05, 4.69) is 20.4 Å². The molecule has 26 heavy (non-hydrogen) atoms. The number of hydrogen-bond donors (Lipinski definition) is 1. The third kappa shape index (κ3) is 2.78. The number of halogens is 1. The van der Waals surface area contributed by atoms with E-state index in [9.17, 15) is 14.0 Å². The minimum atomic E-state index is -1.67. The van der Waals surface area contributed by atoms with Gasteiger partial charge in [0.2, 0.25) is 5.82 Å². The molecule has 1 saturated heterocycles. The van der Waals surface area contributed by atoms with Crippen molar-refractivity contribution in [3.63, 3.8) is 0 Å². The van der Waals surface area contributed by atoms with E-state index in [1.807, 2.05) is 18.4 Å². The maximum Gasteiger partial charge on any atom is 0.289 e. The number of fused-ring (bicyclic) bond motifs is 3. The van der Waals surface area contributed by atoms with Crippen molar-refractivity contribution < 1.29 is 14.0 Å². The van der Waals surface area contributed by atoms with Crippen LogP contribution in [0.3, 0.4) is 0 Å². The van der Waals surface area contributed by atoms with Crippen LogP contribution in [0.25, 0.3) is 0 Å². The molecule has 4 rings (SSSR count). The molecule has 1 aromatic rings. The minimum absolute atomic E-state index is 0.0153. The average molecular weight is 364 g/mol. The second kappa shape index (κ2) is 6.29. The lowest BCUT2D eigenvalue weighted by Gasteiger charge is -2.46. The van der Waals surface area contributed by atoms with E-state index in [1.165, 1.54) is 0 Å². The number of piperazine rings is 1. The van der Waals surface area contributed by atoms with Gasteiger partial charge in [0.25, 0.3) is 11.8 Å². The summed E-state index contributed by atoms with van der Waals surface area (Å²) in [6.45, 7) is 6.81. The molecule has 1 atom stereocenters. The smallest absolute Gasteiger partial charge is 0.289 e. The average Bonchev–Trinajstić information content (AvgIpc) is 3.02. The van der Waals surface area contributed by atoms with Gasteiger partial charge in [-0.05, 0) is 33.1 Å². The van der Waals surface area contributed by atoms with E-state index in [0.29, 0.717) is 50.7 Å². The van der Waals surface area contributed by atoms with Gasteiger partial charge in [-0.1, -0.05) is 0 Å². The van der Waals surface area contributed by atoms with E-state index in [-0.39, 0.29) is 18.0 Å². The second-order valence-corrected chi connectivity index (χ2v) is 7.78. The van der Waals surface area contributed by atoms with Gasteiger partial charge in [0.15, 0.2) is 11.5 Å². The van der Waals surface area contributed by atoms with Gasteiger partial charge < -0.3 is 14.8 Å². The van der Waals surface area contributed by atoms with Crippen LogP contribution in [0.2, 0.25) is 0 Å². The van der Waals surface area contributed by atoms with E-state index >= 15 is 0 Å². The van der Waals surface area contributed by atoms with Crippen molar-refractivity contribution in [3.8, 4) is 0 Å². The fraction of sp³-hybridized carbons (Fsp3) is 0.765. The van der Waals surface area contributed by atoms with Crippen LogP contribution in [0.1, 0.15) is 55.6 Å². The van der Waals surface area contributed by atoms with Crippen molar-refractivity contribution in [2.45, 2.75) is 57.4 Å². The number of aromatic nitrogens is 3. The molecule has 0 aromatic carbocycles. The molecule has 0 spiro atoms. The Kier molecular flexibility index (Phi) is 4.21. The maximum atomic E-state index is 14.5. The summed E-state index contributed by atoms with van der Waals surface area (Å²) in [6, 6.07) is -0.125. The zero-order valence-corrected chi connectivity index (χ0v) is 15.2. The molecule has 1 aromatic heterocycles. The van der Waals surface area contributed by atoms with Crippen molar-refractivity contribution in [1.82, 2.24) is 29.9 Å². The topological polar surface area (TPSA) is 83.4 Å². The van der Waals surface area contributed by atoms with Crippen LogP contribution in [-0.4, -0.2) is 74.3 Å². The summed E-state index contributed by atoms with van der Waals surface area (Å²) in [5.74, 6) is 0.355. The summed E-state index contributed by atoms with van der Waals surface area (Å²) in [5, 5.41) is 11.2. The number of nitrogens with one attached hydrogen (secondary N) is 1. The molecule has 3 aliphatic rings. The van der Waals surface area contributed by atoms with Crippen molar-refractivity contribution >= 4 is 11.8 Å². The first-order valence-electron chi connectivity index (χ1n) is 9.35. The van der Waals surface area contributed by atoms with Gasteiger partial charge >= 0.3 is 0 Å². The van der Waals surface area contributed by atoms with E-state index < -0.39 is 11.6 Å². The number of nitrogens with zero attached hydrogens (tertiary/aromatic N) is 5. The number of carbonyl (C=O) groups excluding carboxylic acids is 2. The highest BCUT2D eigenvalue weighted by atomic mass is 19.1. The standard InChI is InChI=1S/C17H25FN6O2/c1-11(2)19-15(25)14-21-20-13-12-10-23(16(26)17(18)4-3-5-17)7-6-22(12)8-9-24(13)14/h11-12H,3-10H2,1-2H3,(H,19,25)/t12-/m0/s1. The van der Waals surface area contributed by atoms with Crippen LogP contribution in [0.15, 0.2) is 0 Å². The lowest BCUT2D eigenvalue weighted by atomic mass is 9.80. The summed E-state index contributed by atoms with van der Waals surface area (Å²) in [4.78, 5) is 28.7. The number of alkyl halides is 1. The highest BCUT2D eigenvalue weighted by Crippen LogP contribution is 2.39. The lowest BCUT2D eigenvalue weighted by Crippen LogP contribution is -2.58. The van der Waals surface area contributed by atoms with Crippen LogP contribution in [0, 0.1) is 0 Å². The van der Waals surface area contributed by atoms with Gasteiger partial charge in [-0.25, -0.2) is 4.39 Å². The van der Waals surface area contributed by atoms with Gasteiger partial charge in [-0.2, -0.15) is 0 Å². The molecule has 2 aliphatic heterocycles. The Morgan fingerprint density at radius 3 is 2.58 bits per heavy atom. The fourth-order valence-corrected chi connectivity index (χ4v) is 4.01. The molecule has 142 valence electrons. The molecule has 2 fully saturated rings. The summed E-state index contributed by atoms with van der Waals surface area (Å²) in [7, 11) is 0. The quantitative estimate of drug-likeness (QED) is 0.845. The van der Waals surface area contributed by atoms with Gasteiger partial charge in [0, 0.05) is 38.8 Å². The molecule has 0 radical (unpaired) electrons. The monoisotopic (exact) mass is 364 g/mol. The van der Waals surface area contributed by atoms with Crippen LogP contribution in [0.4, 0.5) is 4.39 Å². The van der Waals surface area contributed by atoms with Crippen LogP contribution < -0.4 is 5.32 Å². The van der Waals surface area contributed by atoms with Gasteiger partial charge in [0.1, 0.15) is 0 Å². The summed E-state index contributed by atoms with van der Waals surface area (Å²) in [5.41, 5.74) is -1.67. The molecule has 2 amide bonds. The second-order valence-electron chi connectivity index (χ2n) is 7.78. The minimum Gasteiger partial charge on any atom is -0.347 e. The SMILES string of the molecule is CC(C)NC(=O)c1nnc2n1CCN1CCN(C(=O)C3(F)CCC3)C[C@@H]21. The zero-order chi connectivity index (χ0) is 18.5. The number of amides is 2. The first-order valence-corrected chi connectivity index (χ1v) is 9.35. The van der Waals surface area contributed by atoms with Crippen molar-refractivity contribution in [2.24, 2.45) is 0 Å². The maximum absolute atomic E-state index is 14.5. The highest BCUT2D eigenvalue weighted by molar-refractivity contribution is 5.91. The molecule has 1 aliphatic carbocycles. The first kappa shape index (κ1) is 17.4. The molecule has 9 heteroatoms. The Labute approximate surface area is 151 Å². The predicted molar refractivity (Wildman–Crippen MR) is 91.2 cm³/mol. The van der Waals surface area contributed by atoms with Gasteiger partial charge in [-0.15, -0.1) is 10.2 Å². The molecule has 1 saturated carbocycles. The Bertz CT molecular complexity index is 729. The van der Waals surface area contributed by atoms with Gasteiger partial charge in [-0.3, -0.25) is 14.5 Å². The Morgan fingerprint density at radius 2 is 1.92 bits per heavy atom. The van der Waals surface area contributed by atoms with Crippen LogP contribution in [-0.2, 0) is 11.3 Å².